The SMILES string of the molecule is O=C(COC(=O)c1cn(Cc2ccccc2)nn1)NCCc1ccc(F)cc1. The Morgan fingerprint density at radius 2 is 1.79 bits per heavy atom. The maximum Gasteiger partial charge on any atom is 0.361 e. The normalized spacial score (nSPS) is 10.5. The van der Waals surface area contributed by atoms with Crippen molar-refractivity contribution in [2.75, 3.05) is 13.2 Å². The molecule has 0 unspecified atom stereocenters. The molecule has 0 radical (unpaired) electrons. The quantitative estimate of drug-likeness (QED) is 0.602. The number of nitrogens with one attached hydrogen (secondary N) is 1. The van der Waals surface area contributed by atoms with E-state index >= 15 is 0 Å². The van der Waals surface area contributed by atoms with E-state index in [0.29, 0.717) is 19.5 Å². The first kappa shape index (κ1) is 19.2. The molecule has 0 aliphatic carbocycles. The van der Waals surface area contributed by atoms with Crippen LogP contribution in [0.5, 0.6) is 0 Å². The van der Waals surface area contributed by atoms with Crippen molar-refractivity contribution in [2.24, 2.45) is 0 Å². The molecule has 0 bridgehead atoms. The van der Waals surface area contributed by atoms with Crippen LogP contribution in [0.15, 0.2) is 60.8 Å². The smallest absolute Gasteiger partial charge is 0.361 e. The number of nitrogens with zero attached hydrogens (tertiary/aromatic N) is 3. The number of aromatic nitrogens is 3. The number of halogens is 1. The third-order valence-corrected chi connectivity index (χ3v) is 3.92. The van der Waals surface area contributed by atoms with Crippen molar-refractivity contribution in [1.29, 1.82) is 0 Å². The molecule has 3 aromatic rings. The van der Waals surface area contributed by atoms with Gasteiger partial charge < -0.3 is 10.1 Å². The van der Waals surface area contributed by atoms with Gasteiger partial charge in [-0.2, -0.15) is 0 Å². The van der Waals surface area contributed by atoms with E-state index in [2.05, 4.69) is 15.6 Å². The summed E-state index contributed by atoms with van der Waals surface area (Å²) in [6.45, 7) is 0.425. The molecule has 0 saturated carbocycles. The Morgan fingerprint density at radius 3 is 2.54 bits per heavy atom. The lowest BCUT2D eigenvalue weighted by Crippen LogP contribution is -2.30. The Balaban J connectivity index is 1.40. The monoisotopic (exact) mass is 382 g/mol. The number of benzene rings is 2. The topological polar surface area (TPSA) is 86.1 Å². The molecule has 1 N–H and O–H groups in total. The predicted octanol–water partition coefficient (Wildman–Crippen LogP) is 1.98. The molecule has 8 heteroatoms. The van der Waals surface area contributed by atoms with Gasteiger partial charge >= 0.3 is 5.97 Å². The van der Waals surface area contributed by atoms with Crippen molar-refractivity contribution in [3.05, 3.63) is 83.4 Å². The van der Waals surface area contributed by atoms with Gasteiger partial charge in [0, 0.05) is 6.54 Å². The number of ether oxygens (including phenoxy) is 1. The maximum atomic E-state index is 12.8. The molecule has 1 amide bonds. The van der Waals surface area contributed by atoms with Gasteiger partial charge in [-0.25, -0.2) is 13.9 Å². The predicted molar refractivity (Wildman–Crippen MR) is 99.0 cm³/mol. The zero-order chi connectivity index (χ0) is 19.8. The molecule has 3 rings (SSSR count). The van der Waals surface area contributed by atoms with Crippen LogP contribution >= 0.6 is 0 Å². The Bertz CT molecular complexity index is 926. The van der Waals surface area contributed by atoms with Gasteiger partial charge in [0.25, 0.3) is 5.91 Å². The van der Waals surface area contributed by atoms with Crippen molar-refractivity contribution in [2.45, 2.75) is 13.0 Å². The molecule has 1 aromatic heterocycles. The molecule has 7 nitrogen and oxygen atoms in total. The summed E-state index contributed by atoms with van der Waals surface area (Å²) in [4.78, 5) is 23.8. The molecule has 0 spiro atoms. The molecule has 28 heavy (non-hydrogen) atoms. The minimum absolute atomic E-state index is 0.0371. The first-order valence-electron chi connectivity index (χ1n) is 8.72. The van der Waals surface area contributed by atoms with Crippen molar-refractivity contribution < 1.29 is 18.7 Å². The summed E-state index contributed by atoms with van der Waals surface area (Å²) in [5.74, 6) is -1.44. The second kappa shape index (κ2) is 9.40. The lowest BCUT2D eigenvalue weighted by atomic mass is 10.1. The highest BCUT2D eigenvalue weighted by atomic mass is 19.1. The summed E-state index contributed by atoms with van der Waals surface area (Å²) in [5, 5.41) is 10.3. The second-order valence-electron chi connectivity index (χ2n) is 6.09. The summed E-state index contributed by atoms with van der Waals surface area (Å²) in [5.41, 5.74) is 1.96. The van der Waals surface area contributed by atoms with Gasteiger partial charge in [0.1, 0.15) is 5.82 Å². The van der Waals surface area contributed by atoms with E-state index in [1.807, 2.05) is 30.3 Å². The Hall–Kier alpha value is -3.55. The minimum atomic E-state index is -0.715. The van der Waals surface area contributed by atoms with E-state index in [0.717, 1.165) is 11.1 Å². The van der Waals surface area contributed by atoms with Crippen LogP contribution in [0.2, 0.25) is 0 Å². The largest absolute Gasteiger partial charge is 0.451 e. The van der Waals surface area contributed by atoms with Crippen LogP contribution in [0.4, 0.5) is 4.39 Å². The molecule has 0 aliphatic rings. The summed E-state index contributed by atoms with van der Waals surface area (Å²) < 4.78 is 19.3. The van der Waals surface area contributed by atoms with Crippen LogP contribution in [0.3, 0.4) is 0 Å². The Morgan fingerprint density at radius 1 is 1.04 bits per heavy atom. The summed E-state index contributed by atoms with van der Waals surface area (Å²) in [7, 11) is 0. The van der Waals surface area contributed by atoms with Gasteiger partial charge in [-0.1, -0.05) is 47.7 Å². The molecule has 0 aliphatic heterocycles. The number of rotatable bonds is 8. The molecular formula is C20H19FN4O3. The summed E-state index contributed by atoms with van der Waals surface area (Å²) in [6, 6.07) is 15.7. The molecule has 0 atom stereocenters. The van der Waals surface area contributed by atoms with Gasteiger partial charge in [0.15, 0.2) is 12.3 Å². The minimum Gasteiger partial charge on any atom is -0.451 e. The van der Waals surface area contributed by atoms with Crippen molar-refractivity contribution in [3.63, 3.8) is 0 Å². The van der Waals surface area contributed by atoms with Crippen LogP contribution < -0.4 is 5.32 Å². The van der Waals surface area contributed by atoms with Gasteiger partial charge in [-0.15, -0.1) is 5.10 Å². The van der Waals surface area contributed by atoms with Crippen molar-refractivity contribution in [3.8, 4) is 0 Å². The number of esters is 1. The van der Waals surface area contributed by atoms with Crippen LogP contribution in [0, 0.1) is 5.82 Å². The van der Waals surface area contributed by atoms with Crippen molar-refractivity contribution >= 4 is 11.9 Å². The maximum absolute atomic E-state index is 12.8. The first-order valence-corrected chi connectivity index (χ1v) is 8.72. The first-order chi connectivity index (χ1) is 13.6. The van der Waals surface area contributed by atoms with E-state index in [1.54, 1.807) is 12.1 Å². The van der Waals surface area contributed by atoms with Gasteiger partial charge in [0.05, 0.1) is 12.7 Å². The second-order valence-corrected chi connectivity index (χ2v) is 6.09. The van der Waals surface area contributed by atoms with Crippen molar-refractivity contribution in [1.82, 2.24) is 20.3 Å². The van der Waals surface area contributed by atoms with Gasteiger partial charge in [-0.3, -0.25) is 4.79 Å². The molecular weight excluding hydrogens is 363 g/mol. The molecule has 0 fully saturated rings. The summed E-state index contributed by atoms with van der Waals surface area (Å²) in [6.07, 6.45) is 2.02. The third-order valence-electron chi connectivity index (χ3n) is 3.92. The molecule has 1 heterocycles. The Labute approximate surface area is 161 Å². The highest BCUT2D eigenvalue weighted by Gasteiger charge is 2.14. The number of carbonyl (C=O) groups excluding carboxylic acids is 2. The zero-order valence-corrected chi connectivity index (χ0v) is 15.0. The third kappa shape index (κ3) is 5.73. The van der Waals surface area contributed by atoms with Gasteiger partial charge in [-0.05, 0) is 29.7 Å². The van der Waals surface area contributed by atoms with E-state index in [1.165, 1.54) is 23.0 Å². The highest BCUT2D eigenvalue weighted by molar-refractivity contribution is 5.89. The van der Waals surface area contributed by atoms with E-state index in [-0.39, 0.29) is 11.5 Å². The molecule has 144 valence electrons. The average molecular weight is 382 g/mol. The standard InChI is InChI=1S/C20H19FN4O3/c21-17-8-6-15(7-9-17)10-11-22-19(26)14-28-20(27)18-13-25(24-23-18)12-16-4-2-1-3-5-16/h1-9,13H,10-12,14H2,(H,22,26). The zero-order valence-electron chi connectivity index (χ0n) is 15.0. The Kier molecular flexibility index (Phi) is 6.46. The number of carbonyl (C=O) groups is 2. The number of amides is 1. The fraction of sp³-hybridized carbons (Fsp3) is 0.200. The van der Waals surface area contributed by atoms with Gasteiger partial charge in [0.2, 0.25) is 0 Å². The van der Waals surface area contributed by atoms with Crippen LogP contribution in [-0.4, -0.2) is 40.0 Å². The number of hydrogen-bond donors (Lipinski definition) is 1. The van der Waals surface area contributed by atoms with E-state index in [9.17, 15) is 14.0 Å². The van der Waals surface area contributed by atoms with Crippen LogP contribution in [-0.2, 0) is 22.5 Å². The average Bonchev–Trinajstić information content (AvgIpc) is 3.17. The molecule has 0 saturated heterocycles. The van der Waals surface area contributed by atoms with Crippen LogP contribution in [0.1, 0.15) is 21.6 Å². The van der Waals surface area contributed by atoms with E-state index in [4.69, 9.17) is 4.74 Å². The number of hydrogen-bond acceptors (Lipinski definition) is 5. The fourth-order valence-corrected chi connectivity index (χ4v) is 2.49. The van der Waals surface area contributed by atoms with E-state index < -0.39 is 18.5 Å². The lowest BCUT2D eigenvalue weighted by molar-refractivity contribution is -0.124. The van der Waals surface area contributed by atoms with Crippen LogP contribution in [0.25, 0.3) is 0 Å². The highest BCUT2D eigenvalue weighted by Crippen LogP contribution is 2.04. The summed E-state index contributed by atoms with van der Waals surface area (Å²) >= 11 is 0. The lowest BCUT2D eigenvalue weighted by Gasteiger charge is -2.06. The molecule has 2 aromatic carbocycles. The fourth-order valence-electron chi connectivity index (χ4n) is 2.49.